The van der Waals surface area contributed by atoms with Crippen molar-refractivity contribution in [2.75, 3.05) is 31.6 Å². The number of hydrogen-bond acceptors (Lipinski definition) is 6. The van der Waals surface area contributed by atoms with Crippen molar-refractivity contribution >= 4 is 16.9 Å². The number of anilines is 1. The maximum Gasteiger partial charge on any atom is 0.156 e. The first-order valence-corrected chi connectivity index (χ1v) is 8.97. The lowest BCUT2D eigenvalue weighted by atomic mass is 10.0. The highest BCUT2D eigenvalue weighted by Gasteiger charge is 2.24. The summed E-state index contributed by atoms with van der Waals surface area (Å²) in [5.74, 6) is 0.862. The van der Waals surface area contributed by atoms with E-state index in [1.54, 1.807) is 6.33 Å². The van der Waals surface area contributed by atoms with Gasteiger partial charge in [-0.2, -0.15) is 0 Å². The average molecular weight is 327 g/mol. The largest absolute Gasteiger partial charge is 0.377 e. The molecule has 2 saturated heterocycles. The predicted molar refractivity (Wildman–Crippen MR) is 94.1 cm³/mol. The minimum Gasteiger partial charge on any atom is -0.377 e. The molecule has 2 aliphatic heterocycles. The van der Waals surface area contributed by atoms with Gasteiger partial charge in [-0.25, -0.2) is 15.0 Å². The number of hydrogen-bond donors (Lipinski definition) is 1. The number of likely N-dealkylation sites (tertiary alicyclic amines) is 1. The molecule has 0 amide bonds. The smallest absolute Gasteiger partial charge is 0.156 e. The minimum absolute atomic E-state index is 0.450. The van der Waals surface area contributed by atoms with Crippen LogP contribution in [0, 0.1) is 6.92 Å². The number of piperidine rings is 1. The predicted octanol–water partition coefficient (Wildman–Crippen LogP) is 2.39. The van der Waals surface area contributed by atoms with Crippen LogP contribution in [0.15, 0.2) is 18.5 Å². The maximum atomic E-state index is 5.76. The first kappa shape index (κ1) is 15.7. The number of fused-ring (bicyclic) bond motifs is 1. The molecule has 2 aliphatic rings. The zero-order valence-corrected chi connectivity index (χ0v) is 14.2. The summed E-state index contributed by atoms with van der Waals surface area (Å²) in [6.45, 7) is 6.26. The average Bonchev–Trinajstić information content (AvgIpc) is 3.10. The number of aryl methyl sites for hydroxylation is 1. The number of pyridine rings is 1. The van der Waals surface area contributed by atoms with Gasteiger partial charge >= 0.3 is 0 Å². The lowest BCUT2D eigenvalue weighted by Gasteiger charge is -2.33. The van der Waals surface area contributed by atoms with E-state index < -0.39 is 0 Å². The van der Waals surface area contributed by atoms with Crippen LogP contribution in [0.4, 0.5) is 5.82 Å². The number of nitrogens with zero attached hydrogens (tertiary/aromatic N) is 4. The maximum absolute atomic E-state index is 5.76. The number of rotatable bonds is 4. The summed E-state index contributed by atoms with van der Waals surface area (Å²) in [5.41, 5.74) is 2.76. The lowest BCUT2D eigenvalue weighted by molar-refractivity contribution is 0.0654. The highest BCUT2D eigenvalue weighted by atomic mass is 16.5. The molecule has 0 aliphatic carbocycles. The molecule has 2 aromatic rings. The molecule has 1 N–H and O–H groups in total. The highest BCUT2D eigenvalue weighted by Crippen LogP contribution is 2.22. The molecule has 0 aromatic carbocycles. The first-order valence-electron chi connectivity index (χ1n) is 8.97. The van der Waals surface area contributed by atoms with Gasteiger partial charge in [0.15, 0.2) is 5.82 Å². The van der Waals surface area contributed by atoms with E-state index in [0.29, 0.717) is 12.1 Å². The molecule has 0 radical (unpaired) electrons. The van der Waals surface area contributed by atoms with Crippen LogP contribution in [0.5, 0.6) is 0 Å². The Balaban J connectivity index is 1.37. The Morgan fingerprint density at radius 3 is 2.88 bits per heavy atom. The molecule has 4 rings (SSSR count). The summed E-state index contributed by atoms with van der Waals surface area (Å²) < 4.78 is 5.76. The third-order valence-electron chi connectivity index (χ3n) is 5.04. The monoisotopic (exact) mass is 327 g/mol. The molecule has 6 heteroatoms. The van der Waals surface area contributed by atoms with Crippen LogP contribution in [-0.4, -0.2) is 58.2 Å². The fourth-order valence-corrected chi connectivity index (χ4v) is 3.67. The molecule has 128 valence electrons. The molecule has 1 atom stereocenters. The highest BCUT2D eigenvalue weighted by molar-refractivity contribution is 5.84. The van der Waals surface area contributed by atoms with Crippen molar-refractivity contribution < 1.29 is 4.74 Å². The Labute approximate surface area is 142 Å². The number of ether oxygens (including phenoxy) is 1. The van der Waals surface area contributed by atoms with Crippen molar-refractivity contribution in [1.82, 2.24) is 19.9 Å². The third kappa shape index (κ3) is 3.49. The van der Waals surface area contributed by atoms with Gasteiger partial charge in [0.1, 0.15) is 11.8 Å². The van der Waals surface area contributed by atoms with E-state index in [4.69, 9.17) is 4.74 Å². The van der Waals surface area contributed by atoms with E-state index in [1.165, 1.54) is 12.8 Å². The summed E-state index contributed by atoms with van der Waals surface area (Å²) in [6.07, 6.45) is 6.77. The van der Waals surface area contributed by atoms with Gasteiger partial charge in [-0.15, -0.1) is 0 Å². The normalized spacial score (nSPS) is 23.0. The van der Waals surface area contributed by atoms with Crippen molar-refractivity contribution in [2.45, 2.75) is 44.8 Å². The number of aromatic nitrogens is 3. The van der Waals surface area contributed by atoms with Gasteiger partial charge in [-0.1, -0.05) is 0 Å². The summed E-state index contributed by atoms with van der Waals surface area (Å²) in [4.78, 5) is 15.9. The van der Waals surface area contributed by atoms with Crippen molar-refractivity contribution in [3.8, 4) is 0 Å². The van der Waals surface area contributed by atoms with E-state index in [1.807, 2.05) is 19.1 Å². The van der Waals surface area contributed by atoms with Crippen LogP contribution < -0.4 is 5.32 Å². The van der Waals surface area contributed by atoms with Crippen LogP contribution >= 0.6 is 0 Å². The fourth-order valence-electron chi connectivity index (χ4n) is 3.67. The van der Waals surface area contributed by atoms with E-state index in [2.05, 4.69) is 25.2 Å². The van der Waals surface area contributed by atoms with Crippen LogP contribution in [0.3, 0.4) is 0 Å². The van der Waals surface area contributed by atoms with Crippen molar-refractivity contribution in [2.24, 2.45) is 0 Å². The van der Waals surface area contributed by atoms with Gasteiger partial charge in [-0.05, 0) is 44.7 Å². The van der Waals surface area contributed by atoms with Crippen molar-refractivity contribution in [1.29, 1.82) is 0 Å². The molecule has 2 fully saturated rings. The van der Waals surface area contributed by atoms with E-state index in [-0.39, 0.29) is 0 Å². The topological polar surface area (TPSA) is 63.2 Å². The molecule has 1 unspecified atom stereocenters. The summed E-state index contributed by atoms with van der Waals surface area (Å²) >= 11 is 0. The summed E-state index contributed by atoms with van der Waals surface area (Å²) in [6, 6.07) is 4.45. The zero-order chi connectivity index (χ0) is 16.4. The second kappa shape index (κ2) is 6.99. The lowest BCUT2D eigenvalue weighted by Crippen LogP contribution is -2.42. The second-order valence-corrected chi connectivity index (χ2v) is 6.90. The molecule has 0 saturated carbocycles. The SMILES string of the molecule is Cc1ccc2ncnc(NC3CCN(CC4CCCO4)CC3)c2n1. The van der Waals surface area contributed by atoms with Crippen LogP contribution in [0.1, 0.15) is 31.4 Å². The Morgan fingerprint density at radius 1 is 1.21 bits per heavy atom. The van der Waals surface area contributed by atoms with E-state index in [9.17, 15) is 0 Å². The van der Waals surface area contributed by atoms with Crippen LogP contribution in [-0.2, 0) is 4.74 Å². The molecule has 0 bridgehead atoms. The van der Waals surface area contributed by atoms with Gasteiger partial charge in [0, 0.05) is 38.0 Å². The van der Waals surface area contributed by atoms with Gasteiger partial charge in [-0.3, -0.25) is 0 Å². The Hall–Kier alpha value is -1.79. The van der Waals surface area contributed by atoms with Crippen molar-refractivity contribution in [3.05, 3.63) is 24.2 Å². The standard InChI is InChI=1S/C18H25N5O/c1-13-4-5-16-17(21-13)18(20-12-19-16)22-14-6-8-23(9-7-14)11-15-3-2-10-24-15/h4-5,12,14-15H,2-3,6-11H2,1H3,(H,19,20,22). The van der Waals surface area contributed by atoms with E-state index in [0.717, 1.165) is 61.6 Å². The Bertz CT molecular complexity index is 693. The first-order chi connectivity index (χ1) is 11.8. The molecule has 24 heavy (non-hydrogen) atoms. The molecule has 6 nitrogen and oxygen atoms in total. The molecule has 4 heterocycles. The summed E-state index contributed by atoms with van der Waals surface area (Å²) in [5, 5.41) is 3.59. The van der Waals surface area contributed by atoms with E-state index >= 15 is 0 Å². The minimum atomic E-state index is 0.450. The Morgan fingerprint density at radius 2 is 2.08 bits per heavy atom. The van der Waals surface area contributed by atoms with Gasteiger partial charge in [0.2, 0.25) is 0 Å². The summed E-state index contributed by atoms with van der Waals surface area (Å²) in [7, 11) is 0. The number of nitrogens with one attached hydrogen (secondary N) is 1. The van der Waals surface area contributed by atoms with Gasteiger partial charge < -0.3 is 15.0 Å². The third-order valence-corrected chi connectivity index (χ3v) is 5.04. The van der Waals surface area contributed by atoms with Gasteiger partial charge in [0.25, 0.3) is 0 Å². The second-order valence-electron chi connectivity index (χ2n) is 6.90. The molecular formula is C18H25N5O. The Kier molecular flexibility index (Phi) is 4.58. The van der Waals surface area contributed by atoms with Crippen LogP contribution in [0.25, 0.3) is 11.0 Å². The van der Waals surface area contributed by atoms with Crippen molar-refractivity contribution in [3.63, 3.8) is 0 Å². The van der Waals surface area contributed by atoms with Crippen LogP contribution in [0.2, 0.25) is 0 Å². The zero-order valence-electron chi connectivity index (χ0n) is 14.2. The molecule has 0 spiro atoms. The fraction of sp³-hybridized carbons (Fsp3) is 0.611. The molecular weight excluding hydrogens is 302 g/mol. The van der Waals surface area contributed by atoms with Gasteiger partial charge in [0.05, 0.1) is 11.6 Å². The quantitative estimate of drug-likeness (QED) is 0.930. The molecule has 2 aromatic heterocycles.